The molecule has 5 rings (SSSR count). The molecule has 2 aromatic rings. The maximum atomic E-state index is 13.7. The molecule has 3 aliphatic heterocycles. The maximum Gasteiger partial charge on any atom is 0.248 e. The van der Waals surface area contributed by atoms with Crippen LogP contribution in [0.2, 0.25) is 0 Å². The number of aliphatic hydroxyl groups is 1. The average molecular weight is 574 g/mol. The number of carbonyl (C=O) groups is 3. The summed E-state index contributed by atoms with van der Waals surface area (Å²) in [7, 11) is 1.57. The van der Waals surface area contributed by atoms with Gasteiger partial charge in [-0.05, 0) is 36.2 Å². The Kier molecular flexibility index (Phi) is 7.02. The molecular weight excluding hydrogens is 546 g/mol. The molecular formula is C26H28BrN3O5S. The Labute approximate surface area is 222 Å². The lowest BCUT2D eigenvalue weighted by atomic mass is 9.70. The summed E-state index contributed by atoms with van der Waals surface area (Å²) in [6, 6.07) is 15.8. The van der Waals surface area contributed by atoms with E-state index in [2.05, 4.69) is 26.6 Å². The first-order chi connectivity index (χ1) is 17.4. The van der Waals surface area contributed by atoms with Crippen LogP contribution in [0.1, 0.15) is 12.0 Å². The highest BCUT2D eigenvalue weighted by Crippen LogP contribution is 2.67. The van der Waals surface area contributed by atoms with Crippen molar-refractivity contribution in [2.24, 2.45) is 11.8 Å². The second-order valence-corrected chi connectivity index (χ2v) is 12.1. The van der Waals surface area contributed by atoms with Crippen LogP contribution in [-0.4, -0.2) is 68.9 Å². The third-order valence-electron chi connectivity index (χ3n) is 7.35. The summed E-state index contributed by atoms with van der Waals surface area (Å²) in [6.45, 7) is 0.141. The molecule has 3 saturated heterocycles. The Morgan fingerprint density at radius 2 is 1.89 bits per heavy atom. The molecule has 6 atom stereocenters. The van der Waals surface area contributed by atoms with Gasteiger partial charge in [0.25, 0.3) is 0 Å². The first-order valence-corrected chi connectivity index (χ1v) is 13.7. The molecule has 3 fully saturated rings. The van der Waals surface area contributed by atoms with Gasteiger partial charge in [0.1, 0.15) is 11.8 Å². The van der Waals surface area contributed by atoms with Crippen LogP contribution in [-0.2, 0) is 20.9 Å². The molecule has 1 spiro atoms. The van der Waals surface area contributed by atoms with Crippen molar-refractivity contribution in [1.82, 2.24) is 10.2 Å². The SMILES string of the molecule is COc1ccc(NC(=O)C2N(CCO)C(=O)[C@@H]3[C@H](C(=O)NCc4ccccc4)[C@H]4SC23CC4Br)cc1. The fraction of sp³-hybridized carbons (Fsp3) is 0.423. The number of hydrogen-bond acceptors (Lipinski definition) is 6. The van der Waals surface area contributed by atoms with Crippen molar-refractivity contribution in [3.05, 3.63) is 60.2 Å². The molecule has 3 N–H and O–H groups in total. The molecule has 0 saturated carbocycles. The lowest BCUT2D eigenvalue weighted by Gasteiger charge is -2.35. The number of benzene rings is 2. The van der Waals surface area contributed by atoms with E-state index in [0.29, 0.717) is 24.4 Å². The van der Waals surface area contributed by atoms with Gasteiger partial charge in [-0.3, -0.25) is 14.4 Å². The number of carbonyl (C=O) groups excluding carboxylic acids is 3. The zero-order chi connectivity index (χ0) is 25.4. The van der Waals surface area contributed by atoms with Crippen molar-refractivity contribution < 1.29 is 24.2 Å². The zero-order valence-corrected chi connectivity index (χ0v) is 22.1. The summed E-state index contributed by atoms with van der Waals surface area (Å²) in [6.07, 6.45) is 0.587. The van der Waals surface area contributed by atoms with Crippen LogP contribution in [0.15, 0.2) is 54.6 Å². The summed E-state index contributed by atoms with van der Waals surface area (Å²) in [5, 5.41) is 15.6. The molecule has 8 nitrogen and oxygen atoms in total. The van der Waals surface area contributed by atoms with E-state index in [4.69, 9.17) is 4.74 Å². The minimum absolute atomic E-state index is 0.00983. The smallest absolute Gasteiger partial charge is 0.248 e. The van der Waals surface area contributed by atoms with Crippen molar-refractivity contribution in [3.8, 4) is 5.75 Å². The number of fused-ring (bicyclic) bond motifs is 1. The molecule has 3 aliphatic rings. The van der Waals surface area contributed by atoms with E-state index in [9.17, 15) is 19.5 Å². The summed E-state index contributed by atoms with van der Waals surface area (Å²) in [5.74, 6) is -1.27. The Hall–Kier alpha value is -2.56. The summed E-state index contributed by atoms with van der Waals surface area (Å²) < 4.78 is 4.43. The number of ether oxygens (including phenoxy) is 1. The van der Waals surface area contributed by atoms with Crippen LogP contribution >= 0.6 is 27.7 Å². The van der Waals surface area contributed by atoms with E-state index in [0.717, 1.165) is 5.56 Å². The van der Waals surface area contributed by atoms with Gasteiger partial charge in [0.05, 0.1) is 30.3 Å². The van der Waals surface area contributed by atoms with E-state index in [-0.39, 0.29) is 41.0 Å². The minimum atomic E-state index is -0.800. The van der Waals surface area contributed by atoms with Gasteiger partial charge >= 0.3 is 0 Å². The molecule has 0 radical (unpaired) electrons. The predicted octanol–water partition coefficient (Wildman–Crippen LogP) is 2.41. The number of β-amino-alcohol motifs (C(OH)–C–C–N with tert-alkyl or cyclic N) is 1. The Morgan fingerprint density at radius 1 is 1.17 bits per heavy atom. The topological polar surface area (TPSA) is 108 Å². The number of thioether (sulfide) groups is 1. The van der Waals surface area contributed by atoms with Crippen LogP contribution < -0.4 is 15.4 Å². The van der Waals surface area contributed by atoms with Gasteiger partial charge in [0.2, 0.25) is 17.7 Å². The monoisotopic (exact) mass is 573 g/mol. The quantitative estimate of drug-likeness (QED) is 0.418. The Bertz CT molecular complexity index is 1150. The van der Waals surface area contributed by atoms with Crippen molar-refractivity contribution in [2.75, 3.05) is 25.6 Å². The summed E-state index contributed by atoms with van der Waals surface area (Å²) >= 11 is 5.31. The highest BCUT2D eigenvalue weighted by molar-refractivity contribution is 9.09. The molecule has 3 unspecified atom stereocenters. The highest BCUT2D eigenvalue weighted by Gasteiger charge is 2.75. The number of anilines is 1. The van der Waals surface area contributed by atoms with Crippen molar-refractivity contribution in [2.45, 2.75) is 33.8 Å². The number of rotatable bonds is 8. The van der Waals surface area contributed by atoms with Gasteiger partial charge in [0, 0.05) is 28.9 Å². The normalized spacial score (nSPS) is 30.2. The van der Waals surface area contributed by atoms with Gasteiger partial charge < -0.3 is 25.4 Å². The van der Waals surface area contributed by atoms with Crippen LogP contribution in [0.25, 0.3) is 0 Å². The van der Waals surface area contributed by atoms with Crippen LogP contribution in [0.3, 0.4) is 0 Å². The number of nitrogens with one attached hydrogen (secondary N) is 2. The molecule has 3 amide bonds. The van der Waals surface area contributed by atoms with Crippen molar-refractivity contribution in [3.63, 3.8) is 0 Å². The van der Waals surface area contributed by atoms with Gasteiger partial charge in [-0.25, -0.2) is 0 Å². The first kappa shape index (κ1) is 25.1. The number of hydrogen-bond donors (Lipinski definition) is 3. The first-order valence-electron chi connectivity index (χ1n) is 11.9. The molecule has 0 aromatic heterocycles. The molecule has 2 aromatic carbocycles. The fourth-order valence-electron chi connectivity index (χ4n) is 5.87. The second-order valence-electron chi connectivity index (χ2n) is 9.34. The lowest BCUT2D eigenvalue weighted by molar-refractivity contribution is -0.139. The Morgan fingerprint density at radius 3 is 2.56 bits per heavy atom. The number of likely N-dealkylation sites (tertiary alicyclic amines) is 1. The predicted molar refractivity (Wildman–Crippen MR) is 141 cm³/mol. The molecule has 190 valence electrons. The van der Waals surface area contributed by atoms with Crippen LogP contribution in [0.5, 0.6) is 5.75 Å². The molecule has 0 aliphatic carbocycles. The van der Waals surface area contributed by atoms with Crippen molar-refractivity contribution >= 4 is 51.1 Å². The summed E-state index contributed by atoms with van der Waals surface area (Å²) in [4.78, 5) is 42.3. The number of methoxy groups -OCH3 is 1. The average Bonchev–Trinajstić information content (AvgIpc) is 3.47. The van der Waals surface area contributed by atoms with Gasteiger partial charge in [-0.15, -0.1) is 11.8 Å². The van der Waals surface area contributed by atoms with Crippen molar-refractivity contribution in [1.29, 1.82) is 0 Å². The lowest BCUT2D eigenvalue weighted by Crippen LogP contribution is -2.53. The van der Waals surface area contributed by atoms with E-state index in [1.54, 1.807) is 43.1 Å². The fourth-order valence-corrected chi connectivity index (χ4v) is 9.48. The molecule has 2 bridgehead atoms. The van der Waals surface area contributed by atoms with Gasteiger partial charge in [-0.2, -0.15) is 0 Å². The number of aliphatic hydroxyl groups excluding tert-OH is 1. The standard InChI is InChI=1S/C26H28BrN3O5S/c1-35-17-9-7-16(8-10-17)29-24(33)22-26-13-18(27)21(36-26)19(20(26)25(34)30(22)11-12-31)23(32)28-14-15-5-3-2-4-6-15/h2-10,18-22,31H,11-14H2,1H3,(H,28,32)(H,29,33)/t18?,19-,20-,21-,22?,26?/m0/s1. The van der Waals surface area contributed by atoms with Gasteiger partial charge in [-0.1, -0.05) is 46.3 Å². The summed E-state index contributed by atoms with van der Waals surface area (Å²) in [5.41, 5.74) is 1.56. The largest absolute Gasteiger partial charge is 0.497 e. The van der Waals surface area contributed by atoms with E-state index >= 15 is 0 Å². The van der Waals surface area contributed by atoms with E-state index in [1.165, 1.54) is 4.90 Å². The number of amides is 3. The third-order valence-corrected chi connectivity index (χ3v) is 10.6. The maximum absolute atomic E-state index is 13.7. The number of halogens is 1. The zero-order valence-electron chi connectivity index (χ0n) is 19.7. The number of nitrogens with zero attached hydrogens (tertiary/aromatic N) is 1. The van der Waals surface area contributed by atoms with Gasteiger partial charge in [0.15, 0.2) is 0 Å². The molecule has 10 heteroatoms. The highest BCUT2D eigenvalue weighted by atomic mass is 79.9. The Balaban J connectivity index is 1.42. The molecule has 36 heavy (non-hydrogen) atoms. The van der Waals surface area contributed by atoms with Crippen LogP contribution in [0.4, 0.5) is 5.69 Å². The van der Waals surface area contributed by atoms with Crippen LogP contribution in [0, 0.1) is 11.8 Å². The van der Waals surface area contributed by atoms with E-state index in [1.807, 2.05) is 30.3 Å². The minimum Gasteiger partial charge on any atom is -0.497 e. The third kappa shape index (κ3) is 4.18. The second kappa shape index (κ2) is 10.1. The number of alkyl halides is 1. The molecule has 3 heterocycles. The van der Waals surface area contributed by atoms with E-state index < -0.39 is 22.6 Å².